The van der Waals surface area contributed by atoms with Crippen molar-refractivity contribution in [1.29, 1.82) is 0 Å². The monoisotopic (exact) mass is 289 g/mol. The molecule has 1 aliphatic rings. The number of nitrogens with one attached hydrogen (secondary N) is 1. The van der Waals surface area contributed by atoms with E-state index in [1.54, 1.807) is 6.07 Å². The highest BCUT2D eigenvalue weighted by atomic mass is 16.7. The summed E-state index contributed by atoms with van der Waals surface area (Å²) in [6.07, 6.45) is 1.04. The summed E-state index contributed by atoms with van der Waals surface area (Å²) in [5, 5.41) is 6.64. The number of anilines is 2. The number of carbonyl (C=O) groups is 1. The van der Waals surface area contributed by atoms with Crippen LogP contribution >= 0.6 is 0 Å². The molecule has 1 amide bonds. The minimum Gasteiger partial charge on any atom is -0.367 e. The third kappa shape index (κ3) is 3.36. The molecule has 0 atom stereocenters. The third-order valence-corrected chi connectivity index (χ3v) is 2.92. The van der Waals surface area contributed by atoms with Crippen LogP contribution in [0.1, 0.15) is 11.9 Å². The fourth-order valence-electron chi connectivity index (χ4n) is 2.05. The lowest BCUT2D eigenvalue weighted by molar-refractivity contribution is -0.116. The van der Waals surface area contributed by atoms with E-state index in [4.69, 9.17) is 15.2 Å². The van der Waals surface area contributed by atoms with Crippen molar-refractivity contribution in [3.05, 3.63) is 36.2 Å². The minimum absolute atomic E-state index is 0.0465. The Morgan fingerprint density at radius 1 is 1.43 bits per heavy atom. The van der Waals surface area contributed by atoms with Crippen molar-refractivity contribution in [2.24, 2.45) is 0 Å². The number of aromatic nitrogens is 3. The van der Waals surface area contributed by atoms with E-state index in [1.807, 2.05) is 18.2 Å². The van der Waals surface area contributed by atoms with Gasteiger partial charge < -0.3 is 20.5 Å². The average Bonchev–Trinajstić information content (AvgIpc) is 3.11. The van der Waals surface area contributed by atoms with Gasteiger partial charge >= 0.3 is 0 Å². The quantitative estimate of drug-likeness (QED) is 0.851. The standard InChI is InChI=1S/C13H15N5O3/c14-13-15-8-18(17-13)7-11(19)16-10-3-1-2-9(6-10)12-20-4-5-21-12/h1-3,6,8,12H,4-5,7H2,(H2,14,17)(H,16,19). The molecule has 1 aromatic heterocycles. The van der Waals surface area contributed by atoms with Gasteiger partial charge in [0.1, 0.15) is 12.9 Å². The number of hydrogen-bond acceptors (Lipinski definition) is 6. The highest BCUT2D eigenvalue weighted by Crippen LogP contribution is 2.25. The van der Waals surface area contributed by atoms with Crippen LogP contribution in [0.25, 0.3) is 0 Å². The van der Waals surface area contributed by atoms with Crippen molar-refractivity contribution in [1.82, 2.24) is 14.8 Å². The van der Waals surface area contributed by atoms with Crippen molar-refractivity contribution in [3.63, 3.8) is 0 Å². The number of ether oxygens (including phenoxy) is 2. The normalized spacial score (nSPS) is 15.2. The summed E-state index contributed by atoms with van der Waals surface area (Å²) in [4.78, 5) is 15.7. The number of nitrogens with zero attached hydrogens (tertiary/aromatic N) is 3. The number of amides is 1. The van der Waals surface area contributed by atoms with E-state index in [-0.39, 0.29) is 24.7 Å². The van der Waals surface area contributed by atoms with Crippen LogP contribution in [0.15, 0.2) is 30.6 Å². The van der Waals surface area contributed by atoms with E-state index >= 15 is 0 Å². The number of benzene rings is 1. The maximum atomic E-state index is 11.9. The summed E-state index contributed by atoms with van der Waals surface area (Å²) in [6.45, 7) is 1.20. The Morgan fingerprint density at radius 3 is 2.95 bits per heavy atom. The molecule has 8 heteroatoms. The molecule has 0 saturated carbocycles. The Bertz CT molecular complexity index is 636. The van der Waals surface area contributed by atoms with Gasteiger partial charge in [-0.2, -0.15) is 0 Å². The second-order valence-electron chi connectivity index (χ2n) is 4.55. The molecular formula is C13H15N5O3. The SMILES string of the molecule is Nc1ncn(CC(=O)Nc2cccc(C3OCCO3)c2)n1. The van der Waals surface area contributed by atoms with E-state index in [0.29, 0.717) is 18.9 Å². The van der Waals surface area contributed by atoms with Gasteiger partial charge in [-0.15, -0.1) is 5.10 Å². The zero-order valence-electron chi connectivity index (χ0n) is 11.2. The molecule has 1 saturated heterocycles. The predicted molar refractivity (Wildman–Crippen MR) is 74.2 cm³/mol. The highest BCUT2D eigenvalue weighted by molar-refractivity contribution is 5.90. The second-order valence-corrected chi connectivity index (χ2v) is 4.55. The van der Waals surface area contributed by atoms with Gasteiger partial charge in [-0.05, 0) is 12.1 Å². The molecule has 2 aromatic rings. The zero-order chi connectivity index (χ0) is 14.7. The van der Waals surface area contributed by atoms with Crippen molar-refractivity contribution in [2.75, 3.05) is 24.3 Å². The number of nitrogen functional groups attached to an aromatic ring is 1. The highest BCUT2D eigenvalue weighted by Gasteiger charge is 2.18. The smallest absolute Gasteiger partial charge is 0.246 e. The van der Waals surface area contributed by atoms with E-state index in [9.17, 15) is 4.79 Å². The summed E-state index contributed by atoms with van der Waals surface area (Å²) in [7, 11) is 0. The first-order valence-electron chi connectivity index (χ1n) is 6.48. The second kappa shape index (κ2) is 5.90. The Labute approximate surface area is 120 Å². The lowest BCUT2D eigenvalue weighted by Gasteiger charge is -2.11. The Morgan fingerprint density at radius 2 is 2.24 bits per heavy atom. The van der Waals surface area contributed by atoms with E-state index in [0.717, 1.165) is 5.56 Å². The van der Waals surface area contributed by atoms with Gasteiger partial charge in [-0.1, -0.05) is 12.1 Å². The maximum absolute atomic E-state index is 11.9. The van der Waals surface area contributed by atoms with Crippen LogP contribution in [0.4, 0.5) is 11.6 Å². The Balaban J connectivity index is 1.64. The molecule has 1 aliphatic heterocycles. The average molecular weight is 289 g/mol. The summed E-state index contributed by atoms with van der Waals surface area (Å²) in [6, 6.07) is 7.35. The summed E-state index contributed by atoms with van der Waals surface area (Å²) in [5.74, 6) is -0.0781. The lowest BCUT2D eigenvalue weighted by atomic mass is 10.2. The molecular weight excluding hydrogens is 274 g/mol. The van der Waals surface area contributed by atoms with Crippen LogP contribution < -0.4 is 11.1 Å². The first-order chi connectivity index (χ1) is 10.2. The van der Waals surface area contributed by atoms with Gasteiger partial charge in [0.25, 0.3) is 0 Å². The molecule has 0 aliphatic carbocycles. The molecule has 110 valence electrons. The van der Waals surface area contributed by atoms with Crippen molar-refractivity contribution in [2.45, 2.75) is 12.8 Å². The lowest BCUT2D eigenvalue weighted by Crippen LogP contribution is -2.19. The van der Waals surface area contributed by atoms with E-state index < -0.39 is 0 Å². The van der Waals surface area contributed by atoms with Crippen LogP contribution in [0.5, 0.6) is 0 Å². The predicted octanol–water partition coefficient (Wildman–Crippen LogP) is 0.544. The molecule has 3 N–H and O–H groups in total. The van der Waals surface area contributed by atoms with Crippen LogP contribution in [-0.2, 0) is 20.8 Å². The van der Waals surface area contributed by atoms with Crippen LogP contribution in [0, 0.1) is 0 Å². The zero-order valence-corrected chi connectivity index (χ0v) is 11.2. The van der Waals surface area contributed by atoms with Crippen LogP contribution in [0.3, 0.4) is 0 Å². The van der Waals surface area contributed by atoms with E-state index in [2.05, 4.69) is 15.4 Å². The van der Waals surface area contributed by atoms with Gasteiger partial charge in [0.05, 0.1) is 13.2 Å². The number of nitrogens with two attached hydrogens (primary N) is 1. The molecule has 2 heterocycles. The first-order valence-corrected chi connectivity index (χ1v) is 6.48. The Hall–Kier alpha value is -2.45. The number of hydrogen-bond donors (Lipinski definition) is 2. The molecule has 1 fully saturated rings. The van der Waals surface area contributed by atoms with Crippen LogP contribution in [0.2, 0.25) is 0 Å². The molecule has 1 aromatic carbocycles. The number of carbonyl (C=O) groups excluding carboxylic acids is 1. The third-order valence-electron chi connectivity index (χ3n) is 2.92. The first kappa shape index (κ1) is 13.5. The van der Waals surface area contributed by atoms with Crippen molar-refractivity contribution < 1.29 is 14.3 Å². The number of rotatable bonds is 4. The molecule has 0 spiro atoms. The largest absolute Gasteiger partial charge is 0.367 e. The molecule has 0 bridgehead atoms. The topological polar surface area (TPSA) is 104 Å². The molecule has 3 rings (SSSR count). The van der Waals surface area contributed by atoms with Gasteiger partial charge in [-0.25, -0.2) is 9.67 Å². The fourth-order valence-corrected chi connectivity index (χ4v) is 2.05. The molecule has 21 heavy (non-hydrogen) atoms. The fraction of sp³-hybridized carbons (Fsp3) is 0.308. The van der Waals surface area contributed by atoms with Gasteiger partial charge in [0.2, 0.25) is 11.9 Å². The van der Waals surface area contributed by atoms with Crippen molar-refractivity contribution >= 4 is 17.5 Å². The van der Waals surface area contributed by atoms with E-state index in [1.165, 1.54) is 11.0 Å². The van der Waals surface area contributed by atoms with Gasteiger partial charge in [-0.3, -0.25) is 4.79 Å². The van der Waals surface area contributed by atoms with Gasteiger partial charge in [0.15, 0.2) is 6.29 Å². The van der Waals surface area contributed by atoms with Gasteiger partial charge in [0, 0.05) is 11.3 Å². The van der Waals surface area contributed by atoms with Crippen LogP contribution in [-0.4, -0.2) is 33.9 Å². The summed E-state index contributed by atoms with van der Waals surface area (Å²) >= 11 is 0. The summed E-state index contributed by atoms with van der Waals surface area (Å²) in [5.41, 5.74) is 6.94. The summed E-state index contributed by atoms with van der Waals surface area (Å²) < 4.78 is 12.2. The molecule has 0 radical (unpaired) electrons. The Kier molecular flexibility index (Phi) is 3.80. The van der Waals surface area contributed by atoms with Crippen molar-refractivity contribution in [3.8, 4) is 0 Å². The minimum atomic E-state index is -0.364. The molecule has 8 nitrogen and oxygen atoms in total. The molecule has 0 unspecified atom stereocenters. The maximum Gasteiger partial charge on any atom is 0.246 e.